The van der Waals surface area contributed by atoms with E-state index in [1.807, 2.05) is 13.0 Å². The van der Waals surface area contributed by atoms with Gasteiger partial charge in [0.05, 0.1) is 4.90 Å². The minimum atomic E-state index is -1.59. The zero-order chi connectivity index (χ0) is 9.84. The summed E-state index contributed by atoms with van der Waals surface area (Å²) in [7, 11) is 0. The second-order valence-electron chi connectivity index (χ2n) is 2.69. The minimum Gasteiger partial charge on any atom is -0.324 e. The molecule has 0 heterocycles. The van der Waals surface area contributed by atoms with Crippen molar-refractivity contribution in [3.63, 3.8) is 0 Å². The lowest BCUT2D eigenvalue weighted by Gasteiger charge is -2.06. The molecule has 0 aliphatic carbocycles. The van der Waals surface area contributed by atoms with Crippen LogP contribution in [0, 0.1) is 0 Å². The Morgan fingerprint density at radius 3 is 2.77 bits per heavy atom. The number of rotatable bonds is 3. The summed E-state index contributed by atoms with van der Waals surface area (Å²) in [5.74, 6) is 4.80. The van der Waals surface area contributed by atoms with E-state index in [-0.39, 0.29) is 6.04 Å². The van der Waals surface area contributed by atoms with Crippen molar-refractivity contribution in [3.05, 3.63) is 29.8 Å². The smallest absolute Gasteiger partial charge is 0.206 e. The lowest BCUT2D eigenvalue weighted by molar-refractivity contribution is 0.367. The fourth-order valence-corrected chi connectivity index (χ4v) is 1.49. The van der Waals surface area contributed by atoms with Crippen LogP contribution in [0.15, 0.2) is 29.2 Å². The van der Waals surface area contributed by atoms with E-state index in [0.717, 1.165) is 5.56 Å². The van der Waals surface area contributed by atoms with Gasteiger partial charge in [-0.25, -0.2) is 4.21 Å². The molecule has 1 aromatic rings. The molecule has 0 amide bonds. The van der Waals surface area contributed by atoms with Crippen LogP contribution in [0.2, 0.25) is 0 Å². The molecular weight excluding hydrogens is 188 g/mol. The number of benzene rings is 1. The van der Waals surface area contributed by atoms with Gasteiger partial charge in [0.2, 0.25) is 11.1 Å². The third kappa shape index (κ3) is 2.60. The average Bonchev–Trinajstić information content (AvgIpc) is 2.17. The van der Waals surface area contributed by atoms with Crippen LogP contribution in [-0.4, -0.2) is 4.21 Å². The Bertz CT molecular complexity index is 315. The summed E-state index contributed by atoms with van der Waals surface area (Å²) in [5.41, 5.74) is 6.56. The number of hydrogen-bond donors (Lipinski definition) is 2. The minimum absolute atomic E-state index is 0.0882. The molecule has 4 N–H and O–H groups in total. The van der Waals surface area contributed by atoms with Gasteiger partial charge in [-0.3, -0.25) is 0 Å². The SMILES string of the molecule is CC(N)c1cccc(S(=O)ON)c1. The Balaban J connectivity index is 2.98. The molecule has 13 heavy (non-hydrogen) atoms. The van der Waals surface area contributed by atoms with Crippen molar-refractivity contribution >= 4 is 11.1 Å². The molecule has 5 heteroatoms. The first kappa shape index (κ1) is 10.3. The summed E-state index contributed by atoms with van der Waals surface area (Å²) in [6.07, 6.45) is 0. The van der Waals surface area contributed by atoms with Crippen LogP contribution < -0.4 is 11.6 Å². The summed E-state index contributed by atoms with van der Waals surface area (Å²) in [6.45, 7) is 1.85. The maximum absolute atomic E-state index is 11.1. The van der Waals surface area contributed by atoms with Gasteiger partial charge in [-0.1, -0.05) is 12.1 Å². The Hall–Kier alpha value is -0.750. The van der Waals surface area contributed by atoms with Gasteiger partial charge in [-0.15, -0.1) is 0 Å². The van der Waals surface area contributed by atoms with E-state index < -0.39 is 11.1 Å². The maximum Gasteiger partial charge on any atom is 0.206 e. The zero-order valence-corrected chi connectivity index (χ0v) is 8.08. The molecule has 0 bridgehead atoms. The van der Waals surface area contributed by atoms with Gasteiger partial charge >= 0.3 is 0 Å². The van der Waals surface area contributed by atoms with E-state index in [0.29, 0.717) is 4.90 Å². The zero-order valence-electron chi connectivity index (χ0n) is 7.27. The second kappa shape index (κ2) is 4.48. The van der Waals surface area contributed by atoms with Gasteiger partial charge in [-0.05, 0) is 24.6 Å². The summed E-state index contributed by atoms with van der Waals surface area (Å²) >= 11 is -1.59. The van der Waals surface area contributed by atoms with Crippen LogP contribution in [-0.2, 0) is 15.4 Å². The van der Waals surface area contributed by atoms with Crippen LogP contribution in [0.5, 0.6) is 0 Å². The van der Waals surface area contributed by atoms with E-state index in [1.54, 1.807) is 18.2 Å². The summed E-state index contributed by atoms with van der Waals surface area (Å²) < 4.78 is 15.3. The van der Waals surface area contributed by atoms with Crippen molar-refractivity contribution in [2.24, 2.45) is 11.6 Å². The van der Waals surface area contributed by atoms with Crippen LogP contribution in [0.25, 0.3) is 0 Å². The molecule has 0 fully saturated rings. The van der Waals surface area contributed by atoms with Gasteiger partial charge < -0.3 is 5.73 Å². The molecule has 4 nitrogen and oxygen atoms in total. The molecule has 2 atom stereocenters. The predicted octanol–water partition coefficient (Wildman–Crippen LogP) is 0.619. The first-order valence-corrected chi connectivity index (χ1v) is 4.87. The van der Waals surface area contributed by atoms with Crippen molar-refractivity contribution < 1.29 is 8.49 Å². The van der Waals surface area contributed by atoms with E-state index >= 15 is 0 Å². The van der Waals surface area contributed by atoms with Crippen molar-refractivity contribution in [2.45, 2.75) is 17.9 Å². The Labute approximate surface area is 79.5 Å². The van der Waals surface area contributed by atoms with Crippen molar-refractivity contribution in [1.82, 2.24) is 0 Å². The predicted molar refractivity (Wildman–Crippen MR) is 50.7 cm³/mol. The van der Waals surface area contributed by atoms with Gasteiger partial charge in [-0.2, -0.15) is 10.2 Å². The summed E-state index contributed by atoms with van der Waals surface area (Å²) in [6, 6.07) is 6.93. The fraction of sp³-hybridized carbons (Fsp3) is 0.250. The second-order valence-corrected chi connectivity index (χ2v) is 3.83. The average molecular weight is 200 g/mol. The van der Waals surface area contributed by atoms with Crippen LogP contribution in [0.3, 0.4) is 0 Å². The number of hydrogen-bond acceptors (Lipinski definition) is 4. The van der Waals surface area contributed by atoms with Gasteiger partial charge in [0.25, 0.3) is 0 Å². The molecule has 0 saturated carbocycles. The highest BCUT2D eigenvalue weighted by Crippen LogP contribution is 2.14. The van der Waals surface area contributed by atoms with E-state index in [1.165, 1.54) is 0 Å². The highest BCUT2D eigenvalue weighted by molar-refractivity contribution is 7.80. The molecule has 0 aromatic heterocycles. The normalized spacial score (nSPS) is 15.3. The topological polar surface area (TPSA) is 78.3 Å². The molecule has 0 spiro atoms. The fourth-order valence-electron chi connectivity index (χ4n) is 0.957. The molecule has 1 aromatic carbocycles. The van der Waals surface area contributed by atoms with Crippen molar-refractivity contribution in [1.29, 1.82) is 0 Å². The monoisotopic (exact) mass is 200 g/mol. The molecule has 1 rings (SSSR count). The standard InChI is InChI=1S/C8H12N2O2S/c1-6(9)7-3-2-4-8(5-7)13(11)12-10/h2-6H,9-10H2,1H3. The molecule has 72 valence electrons. The molecule has 2 unspecified atom stereocenters. The molecule has 0 aliphatic heterocycles. The summed E-state index contributed by atoms with van der Waals surface area (Å²) in [4.78, 5) is 0.525. The highest BCUT2D eigenvalue weighted by atomic mass is 32.2. The molecule has 0 saturated heterocycles. The lowest BCUT2D eigenvalue weighted by Crippen LogP contribution is -2.07. The van der Waals surface area contributed by atoms with Crippen LogP contribution in [0.1, 0.15) is 18.5 Å². The molecule has 0 aliphatic rings. The van der Waals surface area contributed by atoms with E-state index in [4.69, 9.17) is 11.6 Å². The van der Waals surface area contributed by atoms with Gasteiger partial charge in [0.1, 0.15) is 0 Å². The Morgan fingerprint density at radius 2 is 2.23 bits per heavy atom. The van der Waals surface area contributed by atoms with Gasteiger partial charge in [0.15, 0.2) is 0 Å². The third-order valence-corrected chi connectivity index (χ3v) is 2.48. The Morgan fingerprint density at radius 1 is 1.54 bits per heavy atom. The van der Waals surface area contributed by atoms with Crippen molar-refractivity contribution in [3.8, 4) is 0 Å². The molecular formula is C8H12N2O2S. The van der Waals surface area contributed by atoms with Crippen LogP contribution >= 0.6 is 0 Å². The van der Waals surface area contributed by atoms with Gasteiger partial charge in [0, 0.05) is 6.04 Å². The quantitative estimate of drug-likeness (QED) is 0.701. The van der Waals surface area contributed by atoms with Crippen molar-refractivity contribution in [2.75, 3.05) is 0 Å². The Kier molecular flexibility index (Phi) is 3.56. The largest absolute Gasteiger partial charge is 0.324 e. The van der Waals surface area contributed by atoms with Crippen LogP contribution in [0.4, 0.5) is 0 Å². The lowest BCUT2D eigenvalue weighted by atomic mass is 10.1. The third-order valence-electron chi connectivity index (χ3n) is 1.66. The first-order chi connectivity index (χ1) is 6.15. The van der Waals surface area contributed by atoms with E-state index in [2.05, 4.69) is 4.28 Å². The number of nitrogens with two attached hydrogens (primary N) is 2. The highest BCUT2D eigenvalue weighted by Gasteiger charge is 2.05. The maximum atomic E-state index is 11.1. The van der Waals surface area contributed by atoms with E-state index in [9.17, 15) is 4.21 Å². The summed E-state index contributed by atoms with van der Waals surface area (Å²) in [5, 5.41) is 0. The first-order valence-electron chi connectivity index (χ1n) is 3.79. The molecule has 0 radical (unpaired) electrons.